The fraction of sp³-hybridized carbons (Fsp3) is 0.241. The summed E-state index contributed by atoms with van der Waals surface area (Å²) in [6.45, 7) is 2.55. The molecule has 0 bridgehead atoms. The van der Waals surface area contributed by atoms with Crippen molar-refractivity contribution < 1.29 is 14.7 Å². The molecule has 0 saturated carbocycles. The first-order valence-corrected chi connectivity index (χ1v) is 12.5. The number of benzene rings is 3. The molecule has 1 heterocycles. The molecule has 0 atom stereocenters. The lowest BCUT2D eigenvalue weighted by molar-refractivity contribution is -0.137. The molecule has 7 heteroatoms. The van der Waals surface area contributed by atoms with Crippen molar-refractivity contribution in [2.45, 2.75) is 45.6 Å². The quantitative estimate of drug-likeness (QED) is 0.251. The number of carboxylic acids is 1. The molecule has 0 fully saturated rings. The lowest BCUT2D eigenvalue weighted by atomic mass is 10.0. The molecule has 0 aliphatic rings. The molecule has 184 valence electrons. The number of amides is 1. The molecule has 0 unspecified atom stereocenters. The summed E-state index contributed by atoms with van der Waals surface area (Å²) in [5.41, 5.74) is 6.53. The van der Waals surface area contributed by atoms with Gasteiger partial charge in [0.25, 0.3) is 5.91 Å². The van der Waals surface area contributed by atoms with E-state index in [9.17, 15) is 9.59 Å². The van der Waals surface area contributed by atoms with Crippen LogP contribution in [0.15, 0.2) is 66.7 Å². The van der Waals surface area contributed by atoms with Crippen molar-refractivity contribution >= 4 is 34.5 Å². The number of hydrogen-bond donors (Lipinski definition) is 2. The zero-order valence-corrected chi connectivity index (χ0v) is 20.9. The Bertz CT molecular complexity index is 1390. The standard InChI is InChI=1S/C29H28ClN3O3/c1-2-19-7-3-4-8-22(19)18-31-29(36)21-13-16-24-26(17-21)32-25(9-5-6-10-27(34)35)28(33-24)20-11-14-23(30)15-12-20/h3-4,7-8,11-17H,2,5-6,9-10,18H2,1H3,(H,31,36)(H,34,35). The second-order valence-corrected chi connectivity index (χ2v) is 9.07. The van der Waals surface area contributed by atoms with Crippen molar-refractivity contribution in [2.75, 3.05) is 0 Å². The van der Waals surface area contributed by atoms with E-state index in [-0.39, 0.29) is 12.3 Å². The maximum atomic E-state index is 12.9. The number of fused-ring (bicyclic) bond motifs is 1. The van der Waals surface area contributed by atoms with Crippen LogP contribution in [0.25, 0.3) is 22.3 Å². The maximum Gasteiger partial charge on any atom is 0.303 e. The van der Waals surface area contributed by atoms with Crippen LogP contribution in [-0.2, 0) is 24.2 Å². The fourth-order valence-electron chi connectivity index (χ4n) is 4.17. The molecule has 0 saturated heterocycles. The number of aliphatic carboxylic acids is 1. The van der Waals surface area contributed by atoms with Gasteiger partial charge in [-0.1, -0.05) is 54.9 Å². The van der Waals surface area contributed by atoms with Crippen molar-refractivity contribution in [1.29, 1.82) is 0 Å². The van der Waals surface area contributed by atoms with Gasteiger partial charge in [-0.2, -0.15) is 0 Å². The van der Waals surface area contributed by atoms with Gasteiger partial charge in [0.05, 0.1) is 22.4 Å². The second kappa shape index (κ2) is 11.8. The van der Waals surface area contributed by atoms with E-state index in [4.69, 9.17) is 26.7 Å². The average Bonchev–Trinajstić information content (AvgIpc) is 2.89. The largest absolute Gasteiger partial charge is 0.481 e. The molecule has 0 spiro atoms. The molecular weight excluding hydrogens is 474 g/mol. The number of carbonyl (C=O) groups is 2. The van der Waals surface area contributed by atoms with Crippen molar-refractivity contribution in [2.24, 2.45) is 0 Å². The van der Waals surface area contributed by atoms with Crippen molar-refractivity contribution in [1.82, 2.24) is 15.3 Å². The van der Waals surface area contributed by atoms with Crippen LogP contribution < -0.4 is 5.32 Å². The third-order valence-electron chi connectivity index (χ3n) is 6.11. The lowest BCUT2D eigenvalue weighted by Crippen LogP contribution is -2.23. The molecule has 4 rings (SSSR count). The summed E-state index contributed by atoms with van der Waals surface area (Å²) in [6.07, 6.45) is 2.82. The van der Waals surface area contributed by atoms with E-state index in [1.165, 1.54) is 5.56 Å². The monoisotopic (exact) mass is 501 g/mol. The minimum atomic E-state index is -0.810. The Morgan fingerprint density at radius 3 is 2.39 bits per heavy atom. The van der Waals surface area contributed by atoms with Gasteiger partial charge in [-0.15, -0.1) is 0 Å². The summed E-state index contributed by atoms with van der Waals surface area (Å²) in [5, 5.41) is 12.6. The SMILES string of the molecule is CCc1ccccc1CNC(=O)c1ccc2nc(-c3ccc(Cl)cc3)c(CCCCC(=O)O)nc2c1. The van der Waals surface area contributed by atoms with Gasteiger partial charge in [0.15, 0.2) is 0 Å². The zero-order valence-electron chi connectivity index (χ0n) is 20.1. The number of aromatic nitrogens is 2. The average molecular weight is 502 g/mol. The van der Waals surface area contributed by atoms with Crippen LogP contribution in [0.1, 0.15) is 53.4 Å². The number of nitrogens with one attached hydrogen (secondary N) is 1. The predicted molar refractivity (Wildman–Crippen MR) is 142 cm³/mol. The summed E-state index contributed by atoms with van der Waals surface area (Å²) < 4.78 is 0. The summed E-state index contributed by atoms with van der Waals surface area (Å²) in [4.78, 5) is 33.5. The van der Waals surface area contributed by atoms with Gasteiger partial charge in [-0.05, 0) is 67.1 Å². The smallest absolute Gasteiger partial charge is 0.303 e. The van der Waals surface area contributed by atoms with Gasteiger partial charge in [0.1, 0.15) is 0 Å². The lowest BCUT2D eigenvalue weighted by Gasteiger charge is -2.12. The third kappa shape index (κ3) is 6.26. The summed E-state index contributed by atoms with van der Waals surface area (Å²) in [5.74, 6) is -0.982. The number of rotatable bonds is 10. The number of halogens is 1. The van der Waals surface area contributed by atoms with Crippen LogP contribution in [0.5, 0.6) is 0 Å². The van der Waals surface area contributed by atoms with Crippen LogP contribution in [0.2, 0.25) is 5.02 Å². The van der Waals surface area contributed by atoms with Crippen molar-refractivity contribution in [3.63, 3.8) is 0 Å². The Labute approximate surface area is 215 Å². The number of unbranched alkanes of at least 4 members (excludes halogenated alkanes) is 1. The zero-order chi connectivity index (χ0) is 25.5. The molecule has 0 aliphatic carbocycles. The normalized spacial score (nSPS) is 10.9. The van der Waals surface area contributed by atoms with Crippen LogP contribution >= 0.6 is 11.6 Å². The predicted octanol–water partition coefficient (Wildman–Crippen LogP) is 6.24. The highest BCUT2D eigenvalue weighted by Gasteiger charge is 2.14. The Morgan fingerprint density at radius 1 is 0.917 bits per heavy atom. The van der Waals surface area contributed by atoms with Gasteiger partial charge in [-0.3, -0.25) is 9.59 Å². The van der Waals surface area contributed by atoms with Crippen LogP contribution in [-0.4, -0.2) is 27.0 Å². The molecular formula is C29H28ClN3O3. The second-order valence-electron chi connectivity index (χ2n) is 8.64. The number of carbonyl (C=O) groups excluding carboxylic acids is 1. The molecule has 3 aromatic carbocycles. The number of aryl methyl sites for hydroxylation is 2. The van der Waals surface area contributed by atoms with Crippen LogP contribution in [0.3, 0.4) is 0 Å². The van der Waals surface area contributed by atoms with E-state index in [0.717, 1.165) is 28.9 Å². The molecule has 6 nitrogen and oxygen atoms in total. The topological polar surface area (TPSA) is 92.2 Å². The third-order valence-corrected chi connectivity index (χ3v) is 6.36. The van der Waals surface area contributed by atoms with Crippen molar-refractivity contribution in [3.8, 4) is 11.3 Å². The fourth-order valence-corrected chi connectivity index (χ4v) is 4.29. The van der Waals surface area contributed by atoms with Gasteiger partial charge < -0.3 is 10.4 Å². The van der Waals surface area contributed by atoms with E-state index in [1.54, 1.807) is 24.3 Å². The highest BCUT2D eigenvalue weighted by Crippen LogP contribution is 2.26. The molecule has 4 aromatic rings. The molecule has 2 N–H and O–H groups in total. The van der Waals surface area contributed by atoms with Gasteiger partial charge in [-0.25, -0.2) is 9.97 Å². The van der Waals surface area contributed by atoms with E-state index < -0.39 is 5.97 Å². The van der Waals surface area contributed by atoms with Gasteiger partial charge in [0, 0.05) is 29.1 Å². The molecule has 0 radical (unpaired) electrons. The van der Waals surface area contributed by atoms with E-state index >= 15 is 0 Å². The number of carboxylic acid groups (broad SMARTS) is 1. The summed E-state index contributed by atoms with van der Waals surface area (Å²) >= 11 is 6.07. The molecule has 1 amide bonds. The molecule has 36 heavy (non-hydrogen) atoms. The van der Waals surface area contributed by atoms with E-state index in [0.29, 0.717) is 47.4 Å². The van der Waals surface area contributed by atoms with Crippen molar-refractivity contribution in [3.05, 3.63) is 94.1 Å². The molecule has 1 aromatic heterocycles. The van der Waals surface area contributed by atoms with Gasteiger partial charge in [0.2, 0.25) is 0 Å². The highest BCUT2D eigenvalue weighted by atomic mass is 35.5. The first-order chi connectivity index (χ1) is 17.4. The van der Waals surface area contributed by atoms with E-state index in [2.05, 4.69) is 18.3 Å². The number of hydrogen-bond acceptors (Lipinski definition) is 4. The maximum absolute atomic E-state index is 12.9. The Hall–Kier alpha value is -3.77. The van der Waals surface area contributed by atoms with Crippen LogP contribution in [0, 0.1) is 0 Å². The first kappa shape index (κ1) is 25.3. The Kier molecular flexibility index (Phi) is 8.28. The van der Waals surface area contributed by atoms with Crippen LogP contribution in [0.4, 0.5) is 0 Å². The Morgan fingerprint density at radius 2 is 1.67 bits per heavy atom. The molecule has 0 aliphatic heterocycles. The Balaban J connectivity index is 1.60. The van der Waals surface area contributed by atoms with E-state index in [1.807, 2.05) is 36.4 Å². The minimum Gasteiger partial charge on any atom is -0.481 e. The summed E-state index contributed by atoms with van der Waals surface area (Å²) in [6, 6.07) is 20.8. The minimum absolute atomic E-state index is 0.114. The number of nitrogens with zero attached hydrogens (tertiary/aromatic N) is 2. The highest BCUT2D eigenvalue weighted by molar-refractivity contribution is 6.30. The first-order valence-electron chi connectivity index (χ1n) is 12.1. The summed E-state index contributed by atoms with van der Waals surface area (Å²) in [7, 11) is 0. The van der Waals surface area contributed by atoms with Gasteiger partial charge >= 0.3 is 5.97 Å².